The van der Waals surface area contributed by atoms with Crippen molar-refractivity contribution in [3.8, 4) is 0 Å². The summed E-state index contributed by atoms with van der Waals surface area (Å²) in [6, 6.07) is 0. The Hall–Kier alpha value is -0.260. The highest BCUT2D eigenvalue weighted by Gasteiger charge is 2.59. The molecule has 3 fully saturated rings. The fourth-order valence-corrected chi connectivity index (χ4v) is 5.35. The SMILES string of the molecule is C[C@H]1CC2C[C@H]1C1C3C=C[C@H](C3)C21. The van der Waals surface area contributed by atoms with Gasteiger partial charge in [0.2, 0.25) is 0 Å². The first-order chi connectivity index (χ1) is 6.34. The molecule has 0 aromatic heterocycles. The number of hydrogen-bond acceptors (Lipinski definition) is 0. The monoisotopic (exact) mass is 174 g/mol. The zero-order chi connectivity index (χ0) is 8.58. The van der Waals surface area contributed by atoms with E-state index in [0.717, 1.165) is 41.4 Å². The Morgan fingerprint density at radius 3 is 2.54 bits per heavy atom. The highest BCUT2D eigenvalue weighted by Crippen LogP contribution is 2.66. The van der Waals surface area contributed by atoms with Crippen molar-refractivity contribution in [3.05, 3.63) is 12.2 Å². The van der Waals surface area contributed by atoms with E-state index < -0.39 is 0 Å². The van der Waals surface area contributed by atoms with E-state index in [1.165, 1.54) is 6.42 Å². The van der Waals surface area contributed by atoms with Gasteiger partial charge >= 0.3 is 0 Å². The van der Waals surface area contributed by atoms with E-state index in [1.807, 2.05) is 0 Å². The fourth-order valence-electron chi connectivity index (χ4n) is 5.35. The van der Waals surface area contributed by atoms with Crippen molar-refractivity contribution in [2.45, 2.75) is 26.2 Å². The number of allylic oxidation sites excluding steroid dienone is 2. The summed E-state index contributed by atoms with van der Waals surface area (Å²) in [7, 11) is 0. The predicted octanol–water partition coefficient (Wildman–Crippen LogP) is 3.10. The first-order valence-electron chi connectivity index (χ1n) is 6.03. The second kappa shape index (κ2) is 2.04. The molecule has 0 amide bonds. The third kappa shape index (κ3) is 0.671. The largest absolute Gasteiger partial charge is 0.0848 e. The van der Waals surface area contributed by atoms with Crippen LogP contribution in [0.3, 0.4) is 0 Å². The van der Waals surface area contributed by atoms with Crippen LogP contribution in [-0.4, -0.2) is 0 Å². The number of rotatable bonds is 0. The molecule has 0 heteroatoms. The van der Waals surface area contributed by atoms with E-state index in [1.54, 1.807) is 12.8 Å². The van der Waals surface area contributed by atoms with Crippen LogP contribution in [0.15, 0.2) is 12.2 Å². The maximum absolute atomic E-state index is 2.54. The number of hydrogen-bond donors (Lipinski definition) is 0. The molecule has 70 valence electrons. The second-order valence-corrected chi connectivity index (χ2v) is 5.98. The summed E-state index contributed by atoms with van der Waals surface area (Å²) in [6.45, 7) is 2.50. The lowest BCUT2D eigenvalue weighted by Gasteiger charge is -2.35. The molecule has 4 aliphatic carbocycles. The van der Waals surface area contributed by atoms with Crippen LogP contribution >= 0.6 is 0 Å². The molecule has 3 saturated carbocycles. The van der Waals surface area contributed by atoms with E-state index in [2.05, 4.69) is 19.1 Å². The van der Waals surface area contributed by atoms with Crippen LogP contribution in [0.4, 0.5) is 0 Å². The smallest absolute Gasteiger partial charge is 0.0194 e. The summed E-state index contributed by atoms with van der Waals surface area (Å²) in [5.41, 5.74) is 0. The van der Waals surface area contributed by atoms with Gasteiger partial charge in [-0.15, -0.1) is 0 Å². The van der Waals surface area contributed by atoms with Crippen molar-refractivity contribution >= 4 is 0 Å². The van der Waals surface area contributed by atoms with Crippen LogP contribution in [-0.2, 0) is 0 Å². The van der Waals surface area contributed by atoms with E-state index in [4.69, 9.17) is 0 Å². The van der Waals surface area contributed by atoms with Gasteiger partial charge in [-0.05, 0) is 60.7 Å². The molecule has 0 saturated heterocycles. The van der Waals surface area contributed by atoms with Gasteiger partial charge in [0.15, 0.2) is 0 Å². The predicted molar refractivity (Wildman–Crippen MR) is 53.1 cm³/mol. The second-order valence-electron chi connectivity index (χ2n) is 5.98. The molecule has 0 spiro atoms. The van der Waals surface area contributed by atoms with Gasteiger partial charge in [-0.25, -0.2) is 0 Å². The maximum atomic E-state index is 2.54. The Kier molecular flexibility index (Phi) is 1.11. The minimum absolute atomic E-state index is 1.01. The van der Waals surface area contributed by atoms with Crippen molar-refractivity contribution in [2.24, 2.45) is 41.4 Å². The Morgan fingerprint density at radius 2 is 1.69 bits per heavy atom. The molecule has 4 unspecified atom stereocenters. The quantitative estimate of drug-likeness (QED) is 0.391. The van der Waals surface area contributed by atoms with Crippen LogP contribution in [0.2, 0.25) is 0 Å². The van der Waals surface area contributed by atoms with E-state index in [9.17, 15) is 0 Å². The third-order valence-electron chi connectivity index (χ3n) is 5.60. The molecule has 0 radical (unpaired) electrons. The van der Waals surface area contributed by atoms with E-state index >= 15 is 0 Å². The fraction of sp³-hybridized carbons (Fsp3) is 0.846. The Labute approximate surface area is 80.4 Å². The Balaban J connectivity index is 1.79. The summed E-state index contributed by atoms with van der Waals surface area (Å²) in [5, 5.41) is 0. The summed E-state index contributed by atoms with van der Waals surface area (Å²) in [5.74, 6) is 7.59. The third-order valence-corrected chi connectivity index (χ3v) is 5.60. The molecule has 7 atom stereocenters. The van der Waals surface area contributed by atoms with Gasteiger partial charge in [-0.2, -0.15) is 0 Å². The van der Waals surface area contributed by atoms with Crippen molar-refractivity contribution < 1.29 is 0 Å². The molecular weight excluding hydrogens is 156 g/mol. The van der Waals surface area contributed by atoms with Gasteiger partial charge in [-0.1, -0.05) is 19.1 Å². The zero-order valence-electron chi connectivity index (χ0n) is 8.32. The van der Waals surface area contributed by atoms with Crippen LogP contribution in [0.25, 0.3) is 0 Å². The molecule has 0 aromatic rings. The summed E-state index contributed by atoms with van der Waals surface area (Å²) in [4.78, 5) is 0. The molecule has 4 rings (SSSR count). The average Bonchev–Trinajstić information content (AvgIpc) is 2.78. The van der Waals surface area contributed by atoms with E-state index in [0.29, 0.717) is 0 Å². The lowest BCUT2D eigenvalue weighted by Crippen LogP contribution is -2.29. The highest BCUT2D eigenvalue weighted by molar-refractivity contribution is 5.20. The molecule has 0 aromatic carbocycles. The van der Waals surface area contributed by atoms with Gasteiger partial charge in [0.25, 0.3) is 0 Å². The lowest BCUT2D eigenvalue weighted by atomic mass is 9.70. The topological polar surface area (TPSA) is 0 Å². The van der Waals surface area contributed by atoms with Crippen molar-refractivity contribution in [1.82, 2.24) is 0 Å². The lowest BCUT2D eigenvalue weighted by molar-refractivity contribution is 0.160. The standard InChI is InChI=1S/C13H18/c1-7-4-10-6-11(7)13-9-3-2-8(5-9)12(10)13/h2-3,7-13H,4-6H2,1H3/t7-,8+,9?,10?,11+,12?,13?/m0/s1. The minimum atomic E-state index is 1.01. The average molecular weight is 174 g/mol. The molecule has 0 heterocycles. The molecule has 4 bridgehead atoms. The van der Waals surface area contributed by atoms with Gasteiger partial charge in [0.05, 0.1) is 0 Å². The van der Waals surface area contributed by atoms with Gasteiger partial charge < -0.3 is 0 Å². The molecular formula is C13H18. The van der Waals surface area contributed by atoms with E-state index in [-0.39, 0.29) is 0 Å². The molecule has 4 aliphatic rings. The summed E-state index contributed by atoms with van der Waals surface area (Å²) in [6.07, 6.45) is 9.75. The Morgan fingerprint density at radius 1 is 0.923 bits per heavy atom. The Bertz CT molecular complexity index is 278. The van der Waals surface area contributed by atoms with Gasteiger partial charge in [-0.3, -0.25) is 0 Å². The molecule has 0 nitrogen and oxygen atoms in total. The highest BCUT2D eigenvalue weighted by atomic mass is 14.6. The van der Waals surface area contributed by atoms with Crippen molar-refractivity contribution in [3.63, 3.8) is 0 Å². The van der Waals surface area contributed by atoms with Crippen molar-refractivity contribution in [2.75, 3.05) is 0 Å². The molecule has 0 aliphatic heterocycles. The van der Waals surface area contributed by atoms with Crippen LogP contribution < -0.4 is 0 Å². The molecule has 0 N–H and O–H groups in total. The van der Waals surface area contributed by atoms with Crippen LogP contribution in [0.1, 0.15) is 26.2 Å². The first-order valence-corrected chi connectivity index (χ1v) is 6.03. The van der Waals surface area contributed by atoms with Crippen LogP contribution in [0.5, 0.6) is 0 Å². The minimum Gasteiger partial charge on any atom is -0.0848 e. The summed E-state index contributed by atoms with van der Waals surface area (Å²) >= 11 is 0. The number of fused-ring (bicyclic) bond motifs is 9. The van der Waals surface area contributed by atoms with Crippen molar-refractivity contribution in [1.29, 1.82) is 0 Å². The van der Waals surface area contributed by atoms with Crippen LogP contribution in [0, 0.1) is 41.4 Å². The normalized spacial score (nSPS) is 66.4. The summed E-state index contributed by atoms with van der Waals surface area (Å²) < 4.78 is 0. The molecule has 13 heavy (non-hydrogen) atoms. The zero-order valence-corrected chi connectivity index (χ0v) is 8.32. The maximum Gasteiger partial charge on any atom is -0.0194 e. The van der Waals surface area contributed by atoms with Gasteiger partial charge in [0.1, 0.15) is 0 Å². The van der Waals surface area contributed by atoms with Gasteiger partial charge in [0, 0.05) is 0 Å². The first kappa shape index (κ1) is 7.09.